The number of thiophene rings is 1. The molecule has 1 aromatic rings. The first-order chi connectivity index (χ1) is 8.34. The van der Waals surface area contributed by atoms with E-state index in [1.165, 1.54) is 11.3 Å². The Balaban J connectivity index is 1.92. The monoisotopic (exact) mass is 257 g/mol. The molecule has 0 amide bonds. The Kier molecular flexibility index (Phi) is 7.62. The van der Waals surface area contributed by atoms with Crippen LogP contribution in [-0.2, 0) is 9.47 Å². The van der Waals surface area contributed by atoms with Crippen LogP contribution in [0.1, 0.15) is 23.0 Å². The molecule has 1 N–H and O–H groups in total. The first-order valence-electron chi connectivity index (χ1n) is 5.83. The predicted octanol–water partition coefficient (Wildman–Crippen LogP) is 1.92. The Morgan fingerprint density at radius 2 is 2.24 bits per heavy atom. The third-order valence-corrected chi connectivity index (χ3v) is 2.88. The van der Waals surface area contributed by atoms with E-state index in [2.05, 4.69) is 12.2 Å². The SMILES string of the molecule is CCCNCCOCCOC(=O)c1cccs1. The van der Waals surface area contributed by atoms with Gasteiger partial charge in [-0.2, -0.15) is 0 Å². The molecule has 96 valence electrons. The molecule has 1 aromatic heterocycles. The van der Waals surface area contributed by atoms with Gasteiger partial charge >= 0.3 is 5.97 Å². The van der Waals surface area contributed by atoms with Gasteiger partial charge in [0.15, 0.2) is 0 Å². The molecule has 5 heteroatoms. The maximum atomic E-state index is 11.4. The van der Waals surface area contributed by atoms with Gasteiger partial charge in [-0.05, 0) is 24.4 Å². The van der Waals surface area contributed by atoms with Crippen molar-refractivity contribution in [2.45, 2.75) is 13.3 Å². The minimum Gasteiger partial charge on any atom is -0.459 e. The third-order valence-electron chi connectivity index (χ3n) is 2.03. The summed E-state index contributed by atoms with van der Waals surface area (Å²) < 4.78 is 10.4. The van der Waals surface area contributed by atoms with Gasteiger partial charge in [-0.1, -0.05) is 13.0 Å². The highest BCUT2D eigenvalue weighted by Crippen LogP contribution is 2.09. The number of ether oxygens (including phenoxy) is 2. The van der Waals surface area contributed by atoms with Gasteiger partial charge in [0, 0.05) is 6.54 Å². The van der Waals surface area contributed by atoms with Crippen molar-refractivity contribution in [2.75, 3.05) is 32.9 Å². The smallest absolute Gasteiger partial charge is 0.348 e. The van der Waals surface area contributed by atoms with Crippen molar-refractivity contribution in [1.82, 2.24) is 5.32 Å². The second-order valence-electron chi connectivity index (χ2n) is 3.48. The zero-order chi connectivity index (χ0) is 12.3. The van der Waals surface area contributed by atoms with E-state index >= 15 is 0 Å². The normalized spacial score (nSPS) is 10.4. The van der Waals surface area contributed by atoms with Gasteiger partial charge in [0.1, 0.15) is 11.5 Å². The summed E-state index contributed by atoms with van der Waals surface area (Å²) in [6.07, 6.45) is 1.12. The summed E-state index contributed by atoms with van der Waals surface area (Å²) in [5, 5.41) is 5.08. The van der Waals surface area contributed by atoms with E-state index in [1.807, 2.05) is 11.4 Å². The molecule has 0 aromatic carbocycles. The highest BCUT2D eigenvalue weighted by molar-refractivity contribution is 7.11. The maximum absolute atomic E-state index is 11.4. The summed E-state index contributed by atoms with van der Waals surface area (Å²) in [7, 11) is 0. The number of hydrogen-bond donors (Lipinski definition) is 1. The topological polar surface area (TPSA) is 47.6 Å². The van der Waals surface area contributed by atoms with E-state index in [1.54, 1.807) is 6.07 Å². The summed E-state index contributed by atoms with van der Waals surface area (Å²) in [6.45, 7) is 5.38. The Bertz CT molecular complexity index is 301. The lowest BCUT2D eigenvalue weighted by Crippen LogP contribution is -2.21. The molecule has 17 heavy (non-hydrogen) atoms. The molecule has 0 aliphatic heterocycles. The van der Waals surface area contributed by atoms with Crippen molar-refractivity contribution in [2.24, 2.45) is 0 Å². The van der Waals surface area contributed by atoms with E-state index in [9.17, 15) is 4.79 Å². The van der Waals surface area contributed by atoms with Crippen LogP contribution in [0.25, 0.3) is 0 Å². The van der Waals surface area contributed by atoms with Gasteiger partial charge in [0.25, 0.3) is 0 Å². The Labute approximate surface area is 106 Å². The molecular weight excluding hydrogens is 238 g/mol. The fourth-order valence-corrected chi connectivity index (χ4v) is 1.82. The Hall–Kier alpha value is -0.910. The van der Waals surface area contributed by atoms with Crippen LogP contribution in [0.15, 0.2) is 17.5 Å². The number of hydrogen-bond acceptors (Lipinski definition) is 5. The second-order valence-corrected chi connectivity index (χ2v) is 4.42. The van der Waals surface area contributed by atoms with Crippen molar-refractivity contribution >= 4 is 17.3 Å². The number of carbonyl (C=O) groups excluding carboxylic acids is 1. The fourth-order valence-electron chi connectivity index (χ4n) is 1.21. The molecule has 0 fully saturated rings. The van der Waals surface area contributed by atoms with Crippen LogP contribution in [0.3, 0.4) is 0 Å². The van der Waals surface area contributed by atoms with Gasteiger partial charge in [-0.15, -0.1) is 11.3 Å². The molecule has 0 bridgehead atoms. The van der Waals surface area contributed by atoms with E-state index in [0.717, 1.165) is 19.5 Å². The molecule has 1 rings (SSSR count). The van der Waals surface area contributed by atoms with Crippen LogP contribution in [0.2, 0.25) is 0 Å². The van der Waals surface area contributed by atoms with Gasteiger partial charge in [0.05, 0.1) is 13.2 Å². The van der Waals surface area contributed by atoms with Crippen molar-refractivity contribution in [3.63, 3.8) is 0 Å². The average Bonchev–Trinajstić information content (AvgIpc) is 2.86. The summed E-state index contributed by atoms with van der Waals surface area (Å²) in [5.74, 6) is -0.271. The first-order valence-corrected chi connectivity index (χ1v) is 6.71. The molecule has 0 saturated heterocycles. The lowest BCUT2D eigenvalue weighted by molar-refractivity contribution is 0.0327. The number of rotatable bonds is 9. The summed E-state index contributed by atoms with van der Waals surface area (Å²) in [5.41, 5.74) is 0. The van der Waals surface area contributed by atoms with Gasteiger partial charge in [-0.25, -0.2) is 4.79 Å². The summed E-state index contributed by atoms with van der Waals surface area (Å²) >= 11 is 1.38. The van der Waals surface area contributed by atoms with Crippen molar-refractivity contribution < 1.29 is 14.3 Å². The van der Waals surface area contributed by atoms with Gasteiger partial charge in [0.2, 0.25) is 0 Å². The lowest BCUT2D eigenvalue weighted by atomic mass is 10.5. The van der Waals surface area contributed by atoms with Crippen LogP contribution in [0.5, 0.6) is 0 Å². The molecule has 0 atom stereocenters. The largest absolute Gasteiger partial charge is 0.459 e. The zero-order valence-electron chi connectivity index (χ0n) is 10.1. The average molecular weight is 257 g/mol. The second kappa shape index (κ2) is 9.15. The molecule has 1 heterocycles. The molecule has 0 saturated carbocycles. The van der Waals surface area contributed by atoms with Crippen LogP contribution in [0.4, 0.5) is 0 Å². The minimum atomic E-state index is -0.271. The minimum absolute atomic E-state index is 0.271. The third kappa shape index (κ3) is 6.41. The highest BCUT2D eigenvalue weighted by Gasteiger charge is 2.06. The van der Waals surface area contributed by atoms with Crippen molar-refractivity contribution in [3.8, 4) is 0 Å². The summed E-state index contributed by atoms with van der Waals surface area (Å²) in [6, 6.07) is 3.58. The quantitative estimate of drug-likeness (QED) is 0.542. The van der Waals surface area contributed by atoms with Crippen LogP contribution in [0, 0.1) is 0 Å². The van der Waals surface area contributed by atoms with Crippen LogP contribution < -0.4 is 5.32 Å². The Morgan fingerprint density at radius 3 is 2.94 bits per heavy atom. The van der Waals surface area contributed by atoms with E-state index in [0.29, 0.717) is 24.7 Å². The highest BCUT2D eigenvalue weighted by atomic mass is 32.1. The number of carbonyl (C=O) groups is 1. The Morgan fingerprint density at radius 1 is 1.35 bits per heavy atom. The van der Waals surface area contributed by atoms with Crippen molar-refractivity contribution in [1.29, 1.82) is 0 Å². The molecular formula is C12H19NO3S. The van der Waals surface area contributed by atoms with E-state index in [-0.39, 0.29) is 5.97 Å². The molecule has 0 aliphatic rings. The van der Waals surface area contributed by atoms with Crippen LogP contribution in [-0.4, -0.2) is 38.9 Å². The standard InChI is InChI=1S/C12H19NO3S/c1-2-5-13-6-7-15-8-9-16-12(14)11-4-3-10-17-11/h3-4,10,13H,2,5-9H2,1H3. The van der Waals surface area contributed by atoms with Crippen LogP contribution >= 0.6 is 11.3 Å². The predicted molar refractivity (Wildman–Crippen MR) is 68.6 cm³/mol. The zero-order valence-corrected chi connectivity index (χ0v) is 10.9. The molecule has 0 unspecified atom stereocenters. The molecule has 0 spiro atoms. The number of esters is 1. The van der Waals surface area contributed by atoms with E-state index < -0.39 is 0 Å². The summed E-state index contributed by atoms with van der Waals surface area (Å²) in [4.78, 5) is 12.0. The first kappa shape index (κ1) is 14.2. The van der Waals surface area contributed by atoms with Gasteiger partial charge < -0.3 is 14.8 Å². The van der Waals surface area contributed by atoms with Crippen molar-refractivity contribution in [3.05, 3.63) is 22.4 Å². The molecule has 4 nitrogen and oxygen atoms in total. The van der Waals surface area contributed by atoms with E-state index in [4.69, 9.17) is 9.47 Å². The molecule has 0 radical (unpaired) electrons. The fraction of sp³-hybridized carbons (Fsp3) is 0.583. The maximum Gasteiger partial charge on any atom is 0.348 e. The molecule has 0 aliphatic carbocycles. The number of nitrogens with one attached hydrogen (secondary N) is 1. The van der Waals surface area contributed by atoms with Gasteiger partial charge in [-0.3, -0.25) is 0 Å². The lowest BCUT2D eigenvalue weighted by Gasteiger charge is -2.05.